The van der Waals surface area contributed by atoms with E-state index < -0.39 is 0 Å². The molecule has 1 aromatic carbocycles. The minimum Gasteiger partial charge on any atom is -0.379 e. The third-order valence-electron chi connectivity index (χ3n) is 3.50. The predicted molar refractivity (Wildman–Crippen MR) is 84.0 cm³/mol. The highest BCUT2D eigenvalue weighted by Gasteiger charge is 2.18. The topological polar surface area (TPSA) is 30.5 Å². The van der Waals surface area contributed by atoms with Crippen molar-refractivity contribution in [2.45, 2.75) is 45.3 Å². The van der Waals surface area contributed by atoms with Crippen LogP contribution in [0.25, 0.3) is 0 Å². The van der Waals surface area contributed by atoms with Crippen molar-refractivity contribution >= 4 is 0 Å². The van der Waals surface area contributed by atoms with E-state index in [0.717, 1.165) is 25.9 Å². The molecule has 0 radical (unpaired) electrons. The first-order valence-electron chi connectivity index (χ1n) is 7.51. The molecule has 0 aliphatic carbocycles. The fraction of sp³-hybridized carbons (Fsp3) is 0.647. The Labute approximate surface area is 123 Å². The van der Waals surface area contributed by atoms with Crippen LogP contribution in [0.5, 0.6) is 0 Å². The Hall–Kier alpha value is -0.900. The second kappa shape index (κ2) is 9.11. The van der Waals surface area contributed by atoms with Crippen LogP contribution in [0.2, 0.25) is 0 Å². The van der Waals surface area contributed by atoms with Crippen LogP contribution in [0.1, 0.15) is 45.3 Å². The lowest BCUT2D eigenvalue weighted by Gasteiger charge is -2.25. The van der Waals surface area contributed by atoms with E-state index in [2.05, 4.69) is 50.4 Å². The molecule has 0 fully saturated rings. The van der Waals surface area contributed by atoms with E-state index in [0.29, 0.717) is 6.61 Å². The number of ether oxygens (including phenoxy) is 2. The van der Waals surface area contributed by atoms with Crippen LogP contribution in [0, 0.1) is 0 Å². The van der Waals surface area contributed by atoms with E-state index in [4.69, 9.17) is 9.47 Å². The maximum absolute atomic E-state index is 6.07. The summed E-state index contributed by atoms with van der Waals surface area (Å²) in [4.78, 5) is 0. The van der Waals surface area contributed by atoms with Gasteiger partial charge >= 0.3 is 0 Å². The van der Waals surface area contributed by atoms with E-state index in [-0.39, 0.29) is 11.7 Å². The van der Waals surface area contributed by atoms with Gasteiger partial charge in [0.1, 0.15) is 0 Å². The molecule has 0 spiro atoms. The molecule has 3 nitrogen and oxygen atoms in total. The largest absolute Gasteiger partial charge is 0.379 e. The predicted octanol–water partition coefficient (Wildman–Crippen LogP) is 3.56. The Bertz CT molecular complexity index is 351. The number of hydrogen-bond acceptors (Lipinski definition) is 3. The quantitative estimate of drug-likeness (QED) is 0.664. The first-order chi connectivity index (χ1) is 9.59. The smallest absolute Gasteiger partial charge is 0.0949 e. The third-order valence-corrected chi connectivity index (χ3v) is 3.50. The van der Waals surface area contributed by atoms with Crippen molar-refractivity contribution in [1.82, 2.24) is 5.32 Å². The van der Waals surface area contributed by atoms with Crippen LogP contribution in [0.3, 0.4) is 0 Å². The molecule has 0 amide bonds. The first-order valence-corrected chi connectivity index (χ1v) is 7.51. The molecule has 0 saturated carbocycles. The van der Waals surface area contributed by atoms with Gasteiger partial charge in [0.05, 0.1) is 18.3 Å². The molecule has 3 heteroatoms. The van der Waals surface area contributed by atoms with Crippen LogP contribution in [-0.4, -0.2) is 32.4 Å². The summed E-state index contributed by atoms with van der Waals surface area (Å²) in [6, 6.07) is 10.4. The fourth-order valence-corrected chi connectivity index (χ4v) is 1.90. The second-order valence-corrected chi connectivity index (χ2v) is 5.69. The van der Waals surface area contributed by atoms with Crippen molar-refractivity contribution in [1.29, 1.82) is 0 Å². The van der Waals surface area contributed by atoms with Crippen molar-refractivity contribution < 1.29 is 9.47 Å². The zero-order chi connectivity index (χ0) is 14.8. The van der Waals surface area contributed by atoms with Gasteiger partial charge in [-0.3, -0.25) is 0 Å². The molecule has 20 heavy (non-hydrogen) atoms. The molecule has 114 valence electrons. The van der Waals surface area contributed by atoms with Gasteiger partial charge in [0.2, 0.25) is 0 Å². The van der Waals surface area contributed by atoms with Gasteiger partial charge in [-0.25, -0.2) is 0 Å². The lowest BCUT2D eigenvalue weighted by molar-refractivity contribution is -0.0271. The zero-order valence-corrected chi connectivity index (χ0v) is 13.3. The molecule has 0 aromatic heterocycles. The fourth-order valence-electron chi connectivity index (χ4n) is 1.90. The summed E-state index contributed by atoms with van der Waals surface area (Å²) in [5.74, 6) is 0. The monoisotopic (exact) mass is 279 g/mol. The summed E-state index contributed by atoms with van der Waals surface area (Å²) >= 11 is 0. The molecule has 0 heterocycles. The summed E-state index contributed by atoms with van der Waals surface area (Å²) in [7, 11) is 1.75. The Morgan fingerprint density at radius 2 is 1.90 bits per heavy atom. The van der Waals surface area contributed by atoms with Crippen molar-refractivity contribution in [3.05, 3.63) is 35.9 Å². The van der Waals surface area contributed by atoms with E-state index in [1.54, 1.807) is 7.11 Å². The van der Waals surface area contributed by atoms with Gasteiger partial charge in [0.15, 0.2) is 0 Å². The van der Waals surface area contributed by atoms with Gasteiger partial charge < -0.3 is 14.8 Å². The van der Waals surface area contributed by atoms with Gasteiger partial charge in [-0.05, 0) is 38.8 Å². The second-order valence-electron chi connectivity index (χ2n) is 5.69. The molecule has 0 saturated heterocycles. The van der Waals surface area contributed by atoms with Crippen molar-refractivity contribution in [3.8, 4) is 0 Å². The number of methoxy groups -OCH3 is 1. The maximum atomic E-state index is 6.07. The average Bonchev–Trinajstić information content (AvgIpc) is 2.47. The van der Waals surface area contributed by atoms with Crippen molar-refractivity contribution in [3.63, 3.8) is 0 Å². The number of hydrogen-bond donors (Lipinski definition) is 1. The zero-order valence-electron chi connectivity index (χ0n) is 13.3. The number of nitrogens with one attached hydrogen (secondary N) is 1. The molecular weight excluding hydrogens is 250 g/mol. The van der Waals surface area contributed by atoms with E-state index in [1.807, 2.05) is 6.07 Å². The molecule has 0 aliphatic heterocycles. The van der Waals surface area contributed by atoms with E-state index >= 15 is 0 Å². The highest BCUT2D eigenvalue weighted by molar-refractivity contribution is 5.17. The van der Waals surface area contributed by atoms with Gasteiger partial charge in [-0.2, -0.15) is 0 Å². The molecule has 1 aromatic rings. The summed E-state index contributed by atoms with van der Waals surface area (Å²) in [5.41, 5.74) is 1.10. The van der Waals surface area contributed by atoms with Crippen LogP contribution in [0.4, 0.5) is 0 Å². The Balaban J connectivity index is 2.50. The highest BCUT2D eigenvalue weighted by atomic mass is 16.5. The Morgan fingerprint density at radius 1 is 1.20 bits per heavy atom. The molecule has 0 bridgehead atoms. The summed E-state index contributed by atoms with van der Waals surface area (Å²) in [6.45, 7) is 8.93. The molecule has 1 atom stereocenters. The van der Waals surface area contributed by atoms with E-state index in [1.165, 1.54) is 5.56 Å². The maximum Gasteiger partial charge on any atom is 0.0949 e. The average molecular weight is 279 g/mol. The molecule has 1 N–H and O–H groups in total. The SMILES string of the molecule is CCCNCC(OCCC(C)(C)OC)c1ccccc1. The normalized spacial score (nSPS) is 13.4. The van der Waals surface area contributed by atoms with Crippen LogP contribution >= 0.6 is 0 Å². The van der Waals surface area contributed by atoms with Crippen LogP contribution in [0.15, 0.2) is 30.3 Å². The highest BCUT2D eigenvalue weighted by Crippen LogP contribution is 2.19. The Kier molecular flexibility index (Phi) is 7.82. The Morgan fingerprint density at radius 3 is 2.50 bits per heavy atom. The lowest BCUT2D eigenvalue weighted by atomic mass is 10.1. The summed E-state index contributed by atoms with van der Waals surface area (Å²) < 4.78 is 11.5. The van der Waals surface area contributed by atoms with Crippen LogP contribution < -0.4 is 5.32 Å². The molecule has 1 rings (SSSR count). The third kappa shape index (κ3) is 6.51. The molecule has 0 aliphatic rings. The lowest BCUT2D eigenvalue weighted by Crippen LogP contribution is -2.28. The minimum absolute atomic E-state index is 0.107. The molecule has 1 unspecified atom stereocenters. The van der Waals surface area contributed by atoms with E-state index in [9.17, 15) is 0 Å². The van der Waals surface area contributed by atoms with Gasteiger partial charge in [-0.1, -0.05) is 37.3 Å². The van der Waals surface area contributed by atoms with Crippen molar-refractivity contribution in [2.75, 3.05) is 26.8 Å². The summed E-state index contributed by atoms with van der Waals surface area (Å²) in [5, 5.41) is 3.44. The van der Waals surface area contributed by atoms with Gasteiger partial charge in [0.25, 0.3) is 0 Å². The first kappa shape index (κ1) is 17.2. The van der Waals surface area contributed by atoms with Crippen molar-refractivity contribution in [2.24, 2.45) is 0 Å². The van der Waals surface area contributed by atoms with Crippen LogP contribution in [-0.2, 0) is 9.47 Å². The summed E-state index contributed by atoms with van der Waals surface area (Å²) in [6.07, 6.45) is 2.13. The number of benzene rings is 1. The van der Waals surface area contributed by atoms with Gasteiger partial charge in [0, 0.05) is 13.7 Å². The minimum atomic E-state index is -0.127. The number of rotatable bonds is 10. The molecular formula is C17H29NO2. The van der Waals surface area contributed by atoms with Gasteiger partial charge in [-0.15, -0.1) is 0 Å². The standard InChI is InChI=1S/C17H29NO2/c1-5-12-18-14-16(15-9-7-6-8-10-15)20-13-11-17(2,3)19-4/h6-10,16,18H,5,11-14H2,1-4H3.